The van der Waals surface area contributed by atoms with Gasteiger partial charge in [-0.25, -0.2) is 18.4 Å². The van der Waals surface area contributed by atoms with Crippen LogP contribution in [0.25, 0.3) is 11.1 Å². The van der Waals surface area contributed by atoms with Gasteiger partial charge in [0.1, 0.15) is 47.0 Å². The Morgan fingerprint density at radius 2 is 1.03 bits per heavy atom. The van der Waals surface area contributed by atoms with Crippen LogP contribution in [0.1, 0.15) is 170 Å². The maximum atomic E-state index is 14.9. The summed E-state index contributed by atoms with van der Waals surface area (Å²) in [5.74, 6) is -0.918. The van der Waals surface area contributed by atoms with Crippen molar-refractivity contribution >= 4 is 97.1 Å². The SMILES string of the molecule is C.CC(=O)CC[C@H]1CN(c2ccc(-c3ccc(C(C)CC(=O)CN)cc3)c(F)c2)C(=O)O1.CC(=O)CC[C@H]1CN(c2ccc(B3OC(C)(C)C(C)(C)O3)c(F)c2)C(=O)O1.CC(N)c1ccc(Br)cc1.CCC(=O)CC(C)c1ccc(Br)cc1.CCC(=O)O. The molecule has 0 saturated carbocycles. The van der Waals surface area contributed by atoms with E-state index in [2.05, 4.69) is 50.9 Å². The molecule has 21 heteroatoms. The van der Waals surface area contributed by atoms with Crippen LogP contribution in [0.15, 0.2) is 118 Å². The number of carbonyl (C=O) groups is 7. The van der Waals surface area contributed by atoms with Crippen molar-refractivity contribution in [3.05, 3.63) is 146 Å². The van der Waals surface area contributed by atoms with E-state index in [-0.39, 0.29) is 67.4 Å². The summed E-state index contributed by atoms with van der Waals surface area (Å²) < 4.78 is 54.1. The fourth-order valence-corrected chi connectivity index (χ4v) is 9.47. The molecule has 0 aliphatic carbocycles. The number of carboxylic acids is 1. The molecule has 16 nitrogen and oxygen atoms in total. The van der Waals surface area contributed by atoms with Gasteiger partial charge in [-0.15, -0.1) is 0 Å². The van der Waals surface area contributed by atoms with Crippen molar-refractivity contribution in [1.29, 1.82) is 0 Å². The molecule has 3 saturated heterocycles. The van der Waals surface area contributed by atoms with Gasteiger partial charge in [-0.1, -0.05) is 122 Å². The van der Waals surface area contributed by atoms with Crippen LogP contribution in [0.2, 0.25) is 0 Å². The number of hydrogen-bond acceptors (Lipinski definition) is 13. The van der Waals surface area contributed by atoms with Crippen molar-refractivity contribution in [3.63, 3.8) is 0 Å². The second kappa shape index (κ2) is 35.6. The third kappa shape index (κ3) is 23.5. The average molecular weight is 1350 g/mol. The number of anilines is 2. The van der Waals surface area contributed by atoms with Crippen molar-refractivity contribution < 1.29 is 66.2 Å². The molecule has 5 atom stereocenters. The van der Waals surface area contributed by atoms with E-state index < -0.39 is 48.1 Å². The Labute approximate surface area is 535 Å². The molecule has 0 bridgehead atoms. The van der Waals surface area contributed by atoms with Crippen LogP contribution in [0, 0.1) is 11.6 Å². The summed E-state index contributed by atoms with van der Waals surface area (Å²) in [6.45, 7) is 20.8. The van der Waals surface area contributed by atoms with Gasteiger partial charge in [0.15, 0.2) is 0 Å². The lowest BCUT2D eigenvalue weighted by molar-refractivity contribution is -0.136. The maximum Gasteiger partial charge on any atom is 0.497 e. The lowest BCUT2D eigenvalue weighted by Gasteiger charge is -2.32. The smallest absolute Gasteiger partial charge is 0.481 e. The Balaban J connectivity index is 0.000000319. The molecule has 478 valence electrons. The molecule has 3 unspecified atom stereocenters. The predicted octanol–water partition coefficient (Wildman–Crippen LogP) is 14.5. The van der Waals surface area contributed by atoms with E-state index in [1.807, 2.05) is 109 Å². The highest BCUT2D eigenvalue weighted by Gasteiger charge is 2.52. The molecule has 3 aliphatic heterocycles. The molecule has 5 aromatic rings. The van der Waals surface area contributed by atoms with Crippen molar-refractivity contribution in [2.75, 3.05) is 29.4 Å². The average Bonchev–Trinajstić information content (AvgIpc) is 1.66. The van der Waals surface area contributed by atoms with Crippen LogP contribution < -0.4 is 26.7 Å². The first-order valence-corrected chi connectivity index (χ1v) is 30.7. The van der Waals surface area contributed by atoms with E-state index in [9.17, 15) is 42.3 Å². The fourth-order valence-electron chi connectivity index (χ4n) is 8.94. The quantitative estimate of drug-likeness (QED) is 0.0615. The zero-order valence-electron chi connectivity index (χ0n) is 51.6. The number of amides is 2. The first-order chi connectivity index (χ1) is 40.9. The monoisotopic (exact) mass is 1350 g/mol. The number of nitrogens with two attached hydrogens (primary N) is 2. The summed E-state index contributed by atoms with van der Waals surface area (Å²) in [7, 11) is -0.808. The highest BCUT2D eigenvalue weighted by Crippen LogP contribution is 2.37. The van der Waals surface area contributed by atoms with Gasteiger partial charge in [0.05, 0.1) is 42.2 Å². The lowest BCUT2D eigenvalue weighted by atomic mass is 9.78. The Morgan fingerprint density at radius 3 is 1.41 bits per heavy atom. The molecule has 8 rings (SSSR count). The number of Topliss-reactive ketones (excluding diaryl/α,β-unsaturated/α-hetero) is 4. The van der Waals surface area contributed by atoms with Crippen molar-refractivity contribution in [3.8, 4) is 11.1 Å². The Hall–Kier alpha value is -6.49. The molecule has 3 aliphatic rings. The Morgan fingerprint density at radius 1 is 0.636 bits per heavy atom. The van der Waals surface area contributed by atoms with Gasteiger partial charge in [-0.05, 0) is 150 Å². The Kier molecular flexibility index (Phi) is 30.7. The predicted molar refractivity (Wildman–Crippen MR) is 350 cm³/mol. The standard InChI is InChI=1S/C24H27FN2O4.C19H25BFNO5.C12H15BrO.C8H10BrN.C3H6O2.CH4/c1-15(11-20(29)13-26)17-4-6-18(7-5-17)22-10-8-19(12-23(22)25)27-14-21(31-24(27)30)9-3-16(2)28;1-12(23)6-8-14-11-22(17(24)25-14)13-7-9-15(16(21)10-13)20-26-18(2,3)19(4,5)27-20;1-3-12(14)8-9(2)10-4-6-11(13)7-5-10;1-6(10)7-2-4-8(9)5-3-7;1-2-3(4)5;/h4-8,10,12,15,21H,3,9,11,13-14,26H2,1-2H3;7,9-10,14H,6,8,11H2,1-5H3;4-7,9H,3,8H2,1-2H3;2-6H,10H2,1H3;2H2,1H3,(H,4,5);1H4/t15?,21-;14-;;;;/m00..../s1. The van der Waals surface area contributed by atoms with Gasteiger partial charge in [0.2, 0.25) is 0 Å². The molecule has 3 fully saturated rings. The number of halogens is 4. The minimum absolute atomic E-state index is 0. The first-order valence-electron chi connectivity index (χ1n) is 29.1. The Bertz CT molecular complexity index is 3120. The third-order valence-corrected chi connectivity index (χ3v) is 16.1. The molecule has 2 amide bonds. The molecule has 5 N–H and O–H groups in total. The molecule has 88 heavy (non-hydrogen) atoms. The van der Waals surface area contributed by atoms with Gasteiger partial charge >= 0.3 is 25.3 Å². The second-order valence-electron chi connectivity index (χ2n) is 22.8. The zero-order valence-corrected chi connectivity index (χ0v) is 54.8. The van der Waals surface area contributed by atoms with Crippen LogP contribution in [0.5, 0.6) is 0 Å². The second-order valence-corrected chi connectivity index (χ2v) is 24.6. The minimum atomic E-state index is -0.808. The van der Waals surface area contributed by atoms with Gasteiger partial charge in [0.25, 0.3) is 0 Å². The normalized spacial score (nSPS) is 17.1. The number of ether oxygens (including phenoxy) is 2. The minimum Gasteiger partial charge on any atom is -0.481 e. The largest absolute Gasteiger partial charge is 0.497 e. The van der Waals surface area contributed by atoms with E-state index in [0.29, 0.717) is 92.2 Å². The number of rotatable bonds is 20. The summed E-state index contributed by atoms with van der Waals surface area (Å²) >= 11 is 6.75. The van der Waals surface area contributed by atoms with Crippen LogP contribution in [0.3, 0.4) is 0 Å². The maximum absolute atomic E-state index is 14.9. The number of nitrogens with zero attached hydrogens (tertiary/aromatic N) is 2. The summed E-state index contributed by atoms with van der Waals surface area (Å²) in [4.78, 5) is 81.4. The first kappa shape index (κ1) is 75.8. The molecule has 5 aromatic carbocycles. The van der Waals surface area contributed by atoms with Gasteiger partial charge in [-0.2, -0.15) is 0 Å². The van der Waals surface area contributed by atoms with Gasteiger partial charge in [0, 0.05) is 64.5 Å². The number of benzene rings is 5. The fraction of sp³-hybridized carbons (Fsp3) is 0.448. The number of aliphatic carboxylic acids is 1. The van der Waals surface area contributed by atoms with Crippen molar-refractivity contribution in [1.82, 2.24) is 0 Å². The van der Waals surface area contributed by atoms with Gasteiger partial charge in [-0.3, -0.25) is 24.2 Å². The molecule has 0 spiro atoms. The summed E-state index contributed by atoms with van der Waals surface area (Å²) in [5.41, 5.74) is 15.5. The summed E-state index contributed by atoms with van der Waals surface area (Å²) in [6.07, 6.45) is 1.68. The van der Waals surface area contributed by atoms with Crippen molar-refractivity contribution in [2.24, 2.45) is 11.5 Å². The molecule has 3 heterocycles. The number of carbonyl (C=O) groups excluding carboxylic acids is 6. The van der Waals surface area contributed by atoms with E-state index in [4.69, 9.17) is 35.4 Å². The van der Waals surface area contributed by atoms with Crippen LogP contribution >= 0.6 is 31.9 Å². The molecule has 0 aromatic heterocycles. The molecule has 0 radical (unpaired) electrons. The highest BCUT2D eigenvalue weighted by molar-refractivity contribution is 9.10. The van der Waals surface area contributed by atoms with Crippen LogP contribution in [-0.4, -0.2) is 96.6 Å². The zero-order chi connectivity index (χ0) is 64.9. The summed E-state index contributed by atoms with van der Waals surface area (Å²) in [5, 5.41) is 7.72. The third-order valence-electron chi connectivity index (χ3n) is 15.1. The van der Waals surface area contributed by atoms with Crippen LogP contribution in [0.4, 0.5) is 29.7 Å². The molecular weight excluding hydrogens is 1260 g/mol. The lowest BCUT2D eigenvalue weighted by Crippen LogP contribution is -2.41. The number of carboxylic acid groups (broad SMARTS) is 1. The van der Waals surface area contributed by atoms with E-state index >= 15 is 0 Å². The topological polar surface area (TPSA) is 235 Å². The number of hydrogen-bond donors (Lipinski definition) is 3. The van der Waals surface area contributed by atoms with Crippen molar-refractivity contribution in [2.45, 2.75) is 176 Å². The van der Waals surface area contributed by atoms with Crippen LogP contribution in [-0.2, 0) is 42.8 Å². The summed E-state index contributed by atoms with van der Waals surface area (Å²) in [6, 6.07) is 32.9. The molecular formula is C67H87BBr2F2N4O12. The van der Waals surface area contributed by atoms with E-state index in [1.54, 1.807) is 31.2 Å². The number of ketones is 4. The van der Waals surface area contributed by atoms with Gasteiger partial charge < -0.3 is 44.9 Å². The highest BCUT2D eigenvalue weighted by atomic mass is 79.9. The van der Waals surface area contributed by atoms with E-state index in [1.165, 1.54) is 46.9 Å². The van der Waals surface area contributed by atoms with E-state index in [0.717, 1.165) is 14.5 Å². The number of cyclic esters (lactones) is 2.